The van der Waals surface area contributed by atoms with Crippen molar-refractivity contribution in [3.8, 4) is 5.75 Å². The fourth-order valence-electron chi connectivity index (χ4n) is 2.55. The van der Waals surface area contributed by atoms with Crippen molar-refractivity contribution in [2.45, 2.75) is 18.9 Å². The van der Waals surface area contributed by atoms with Crippen LogP contribution in [0.25, 0.3) is 0 Å². The molecule has 1 aliphatic rings. The molecule has 0 amide bonds. The van der Waals surface area contributed by atoms with E-state index in [4.69, 9.17) is 4.74 Å². The van der Waals surface area contributed by atoms with Crippen LogP contribution in [-0.4, -0.2) is 7.11 Å². The first-order valence-corrected chi connectivity index (χ1v) is 6.35. The Morgan fingerprint density at radius 2 is 2.00 bits per heavy atom. The molecule has 0 saturated carbocycles. The predicted molar refractivity (Wildman–Crippen MR) is 74.1 cm³/mol. The van der Waals surface area contributed by atoms with E-state index in [1.807, 2.05) is 6.07 Å². The van der Waals surface area contributed by atoms with Crippen LogP contribution < -0.4 is 10.1 Å². The summed E-state index contributed by atoms with van der Waals surface area (Å²) in [6, 6.07) is 17.2. The maximum absolute atomic E-state index is 5.29. The first-order chi connectivity index (χ1) is 8.86. The molecule has 1 atom stereocenters. The topological polar surface area (TPSA) is 21.3 Å². The predicted octanol–water partition coefficient (Wildman–Crippen LogP) is 3.79. The number of hydrogen-bond acceptors (Lipinski definition) is 2. The number of anilines is 1. The largest absolute Gasteiger partial charge is 0.497 e. The fourth-order valence-corrected chi connectivity index (χ4v) is 2.55. The molecule has 18 heavy (non-hydrogen) atoms. The number of rotatable bonds is 2. The molecular weight excluding hydrogens is 222 g/mol. The summed E-state index contributed by atoms with van der Waals surface area (Å²) in [5.41, 5.74) is 3.97. The zero-order valence-electron chi connectivity index (χ0n) is 10.5. The van der Waals surface area contributed by atoms with Crippen LogP contribution in [0.15, 0.2) is 48.5 Å². The molecule has 1 heterocycles. The normalized spacial score (nSPS) is 17.7. The van der Waals surface area contributed by atoms with Crippen LogP contribution in [0.4, 0.5) is 5.69 Å². The molecule has 2 aromatic rings. The number of ether oxygens (including phenoxy) is 1. The summed E-state index contributed by atoms with van der Waals surface area (Å²) in [5.74, 6) is 0.924. The molecule has 3 rings (SSSR count). The second-order valence-electron chi connectivity index (χ2n) is 4.67. The first-order valence-electron chi connectivity index (χ1n) is 6.35. The van der Waals surface area contributed by atoms with E-state index in [1.54, 1.807) is 7.11 Å². The van der Waals surface area contributed by atoms with Gasteiger partial charge in [-0.05, 0) is 42.2 Å². The van der Waals surface area contributed by atoms with Gasteiger partial charge in [0.15, 0.2) is 0 Å². The van der Waals surface area contributed by atoms with Crippen molar-refractivity contribution < 1.29 is 4.74 Å². The molecule has 0 radical (unpaired) electrons. The molecule has 0 spiro atoms. The van der Waals surface area contributed by atoms with Gasteiger partial charge in [-0.3, -0.25) is 0 Å². The molecule has 1 aliphatic heterocycles. The molecule has 92 valence electrons. The van der Waals surface area contributed by atoms with Crippen LogP contribution in [-0.2, 0) is 6.42 Å². The Morgan fingerprint density at radius 1 is 1.11 bits per heavy atom. The number of aryl methyl sites for hydroxylation is 1. The quantitative estimate of drug-likeness (QED) is 0.860. The van der Waals surface area contributed by atoms with Crippen molar-refractivity contribution in [3.05, 3.63) is 59.7 Å². The third-order valence-corrected chi connectivity index (χ3v) is 3.55. The Morgan fingerprint density at radius 3 is 2.89 bits per heavy atom. The third kappa shape index (κ3) is 2.06. The van der Waals surface area contributed by atoms with Gasteiger partial charge < -0.3 is 10.1 Å². The van der Waals surface area contributed by atoms with Gasteiger partial charge in [0.05, 0.1) is 13.2 Å². The second kappa shape index (κ2) is 4.73. The van der Waals surface area contributed by atoms with Gasteiger partial charge >= 0.3 is 0 Å². The molecular formula is C16H17NO. The number of nitrogens with one attached hydrogen (secondary N) is 1. The number of benzene rings is 2. The summed E-state index contributed by atoms with van der Waals surface area (Å²) in [6.07, 6.45) is 2.26. The van der Waals surface area contributed by atoms with Gasteiger partial charge in [0, 0.05) is 5.69 Å². The van der Waals surface area contributed by atoms with Gasteiger partial charge in [0.25, 0.3) is 0 Å². The van der Waals surface area contributed by atoms with E-state index in [-0.39, 0.29) is 0 Å². The van der Waals surface area contributed by atoms with Gasteiger partial charge in [-0.2, -0.15) is 0 Å². The molecule has 0 aromatic heterocycles. The molecule has 2 nitrogen and oxygen atoms in total. The minimum Gasteiger partial charge on any atom is -0.497 e. The van der Waals surface area contributed by atoms with E-state index in [9.17, 15) is 0 Å². The van der Waals surface area contributed by atoms with Gasteiger partial charge in [-0.25, -0.2) is 0 Å². The first kappa shape index (κ1) is 11.1. The van der Waals surface area contributed by atoms with Gasteiger partial charge in [0.1, 0.15) is 5.75 Å². The molecule has 0 bridgehead atoms. The summed E-state index contributed by atoms with van der Waals surface area (Å²) >= 11 is 0. The molecule has 0 fully saturated rings. The Labute approximate surface area is 108 Å². The monoisotopic (exact) mass is 239 g/mol. The Balaban J connectivity index is 1.87. The molecule has 0 unspecified atom stereocenters. The van der Waals surface area contributed by atoms with Crippen LogP contribution in [0, 0.1) is 0 Å². The van der Waals surface area contributed by atoms with Crippen LogP contribution in [0.2, 0.25) is 0 Å². The smallest absolute Gasteiger partial charge is 0.119 e. The highest BCUT2D eigenvalue weighted by Gasteiger charge is 2.18. The Hall–Kier alpha value is -1.96. The van der Waals surface area contributed by atoms with Crippen molar-refractivity contribution >= 4 is 5.69 Å². The van der Waals surface area contributed by atoms with Crippen molar-refractivity contribution in [1.82, 2.24) is 0 Å². The van der Waals surface area contributed by atoms with E-state index in [0.717, 1.165) is 18.6 Å². The summed E-state index contributed by atoms with van der Waals surface area (Å²) < 4.78 is 5.29. The maximum atomic E-state index is 5.29. The van der Waals surface area contributed by atoms with Crippen molar-refractivity contribution in [3.63, 3.8) is 0 Å². The highest BCUT2D eigenvalue weighted by atomic mass is 16.5. The van der Waals surface area contributed by atoms with Crippen LogP contribution >= 0.6 is 0 Å². The summed E-state index contributed by atoms with van der Waals surface area (Å²) in [7, 11) is 1.71. The molecule has 2 aromatic carbocycles. The van der Waals surface area contributed by atoms with Crippen LogP contribution in [0.1, 0.15) is 23.6 Å². The third-order valence-electron chi connectivity index (χ3n) is 3.55. The molecule has 0 aliphatic carbocycles. The van der Waals surface area contributed by atoms with Gasteiger partial charge in [-0.15, -0.1) is 0 Å². The van der Waals surface area contributed by atoms with Crippen LogP contribution in [0.5, 0.6) is 5.75 Å². The summed E-state index contributed by atoms with van der Waals surface area (Å²) in [6.45, 7) is 0. The van der Waals surface area contributed by atoms with Crippen LogP contribution in [0.3, 0.4) is 0 Å². The van der Waals surface area contributed by atoms with Crippen molar-refractivity contribution in [2.75, 3.05) is 12.4 Å². The average Bonchev–Trinajstić information content (AvgIpc) is 2.47. The Bertz CT molecular complexity index is 550. The second-order valence-corrected chi connectivity index (χ2v) is 4.67. The number of para-hydroxylation sites is 1. The Kier molecular flexibility index (Phi) is 2.93. The van der Waals surface area contributed by atoms with Crippen molar-refractivity contribution in [2.24, 2.45) is 0 Å². The maximum Gasteiger partial charge on any atom is 0.119 e. The lowest BCUT2D eigenvalue weighted by molar-refractivity contribution is 0.414. The van der Waals surface area contributed by atoms with E-state index in [0.29, 0.717) is 6.04 Å². The van der Waals surface area contributed by atoms with E-state index >= 15 is 0 Å². The lowest BCUT2D eigenvalue weighted by Gasteiger charge is -2.27. The zero-order valence-corrected chi connectivity index (χ0v) is 10.5. The minimum absolute atomic E-state index is 0.384. The highest BCUT2D eigenvalue weighted by molar-refractivity contribution is 5.55. The molecule has 1 N–H and O–H groups in total. The van der Waals surface area contributed by atoms with Crippen molar-refractivity contribution in [1.29, 1.82) is 0 Å². The number of fused-ring (bicyclic) bond motifs is 1. The van der Waals surface area contributed by atoms with E-state index in [2.05, 4.69) is 47.8 Å². The molecule has 2 heteroatoms. The van der Waals surface area contributed by atoms with Gasteiger partial charge in [-0.1, -0.05) is 30.3 Å². The van der Waals surface area contributed by atoms with E-state index in [1.165, 1.54) is 16.8 Å². The minimum atomic E-state index is 0.384. The lowest BCUT2D eigenvalue weighted by atomic mass is 9.93. The molecule has 0 saturated heterocycles. The van der Waals surface area contributed by atoms with E-state index < -0.39 is 0 Å². The zero-order chi connectivity index (χ0) is 12.4. The SMILES string of the molecule is COc1cccc([C@H]2CCc3ccccc3N2)c1. The highest BCUT2D eigenvalue weighted by Crippen LogP contribution is 2.33. The average molecular weight is 239 g/mol. The number of methoxy groups -OCH3 is 1. The lowest BCUT2D eigenvalue weighted by Crippen LogP contribution is -2.17. The fraction of sp³-hybridized carbons (Fsp3) is 0.250. The standard InChI is InChI=1S/C16H17NO/c1-18-14-7-4-6-13(11-14)16-10-9-12-5-2-3-8-15(12)17-16/h2-8,11,16-17H,9-10H2,1H3/t16-/m1/s1. The number of hydrogen-bond donors (Lipinski definition) is 1. The summed E-state index contributed by atoms with van der Waals surface area (Å²) in [5, 5.41) is 3.61. The summed E-state index contributed by atoms with van der Waals surface area (Å²) in [4.78, 5) is 0. The van der Waals surface area contributed by atoms with Gasteiger partial charge in [0.2, 0.25) is 0 Å².